The zero-order valence-electron chi connectivity index (χ0n) is 21.2. The number of anilines is 1. The Kier molecular flexibility index (Phi) is 6.27. The molecule has 4 aromatic rings. The number of rotatable bonds is 5. The zero-order chi connectivity index (χ0) is 27.4. The summed E-state index contributed by atoms with van der Waals surface area (Å²) in [6.45, 7) is 6.22. The molecule has 1 aliphatic heterocycles. The smallest absolute Gasteiger partial charge is 0.294 e. The van der Waals surface area contributed by atoms with Gasteiger partial charge >= 0.3 is 0 Å². The molecule has 8 heteroatoms. The van der Waals surface area contributed by atoms with Crippen molar-refractivity contribution in [3.8, 4) is 5.75 Å². The molecule has 0 bridgehead atoms. The van der Waals surface area contributed by atoms with Crippen molar-refractivity contribution in [3.05, 3.63) is 106 Å². The summed E-state index contributed by atoms with van der Waals surface area (Å²) in [4.78, 5) is 28.5. The number of amides is 1. The molecule has 1 aliphatic rings. The fraction of sp³-hybridized carbons (Fsp3) is 0.200. The lowest BCUT2D eigenvalue weighted by Crippen LogP contribution is -2.31. The highest BCUT2D eigenvalue weighted by atomic mass is 35.5. The Bertz CT molecular complexity index is 1610. The summed E-state index contributed by atoms with van der Waals surface area (Å²) in [6.07, 6.45) is 0. The van der Waals surface area contributed by atoms with E-state index >= 15 is 0 Å². The van der Waals surface area contributed by atoms with Crippen LogP contribution in [-0.2, 0) is 10.2 Å². The van der Waals surface area contributed by atoms with Gasteiger partial charge < -0.3 is 14.3 Å². The second-order valence-electron chi connectivity index (χ2n) is 10.1. The summed E-state index contributed by atoms with van der Waals surface area (Å²) in [7, 11) is 1.49. The number of benzene rings is 3. The van der Waals surface area contributed by atoms with Gasteiger partial charge in [-0.05, 0) is 46.9 Å². The number of carbonyl (C=O) groups is 2. The molecule has 1 unspecified atom stereocenters. The molecule has 194 valence electrons. The molecular formula is C30H25ClFNO5. The minimum absolute atomic E-state index is 0.0610. The van der Waals surface area contributed by atoms with Crippen LogP contribution in [0.1, 0.15) is 48.5 Å². The summed E-state index contributed by atoms with van der Waals surface area (Å²) in [6, 6.07) is 17.0. The van der Waals surface area contributed by atoms with Crippen molar-refractivity contribution >= 4 is 39.9 Å². The number of ketones is 1. The third-order valence-corrected chi connectivity index (χ3v) is 6.97. The first-order valence-electron chi connectivity index (χ1n) is 11.9. The number of halogens is 2. The molecule has 1 amide bonds. The van der Waals surface area contributed by atoms with E-state index in [-0.39, 0.29) is 27.5 Å². The molecule has 1 aromatic heterocycles. The van der Waals surface area contributed by atoms with Crippen LogP contribution < -0.4 is 9.64 Å². The molecular weight excluding hydrogens is 509 g/mol. The predicted octanol–water partition coefficient (Wildman–Crippen LogP) is 7.31. The van der Waals surface area contributed by atoms with Crippen LogP contribution in [0.4, 0.5) is 10.1 Å². The number of hydrogen-bond donors (Lipinski definition) is 1. The van der Waals surface area contributed by atoms with Crippen molar-refractivity contribution in [2.75, 3.05) is 12.0 Å². The normalized spacial score (nSPS) is 16.0. The second kappa shape index (κ2) is 9.33. The van der Waals surface area contributed by atoms with Gasteiger partial charge in [0.05, 0.1) is 23.7 Å². The van der Waals surface area contributed by atoms with Crippen LogP contribution in [0.15, 0.2) is 82.5 Å². The van der Waals surface area contributed by atoms with E-state index in [9.17, 15) is 19.1 Å². The lowest BCUT2D eigenvalue weighted by atomic mass is 9.85. The summed E-state index contributed by atoms with van der Waals surface area (Å²) in [5, 5.41) is 11.5. The van der Waals surface area contributed by atoms with Crippen LogP contribution in [-0.4, -0.2) is 23.9 Å². The number of Topliss-reactive ketones (excluding diaryl/α,β-unsaturated/α-hetero) is 1. The average molecular weight is 534 g/mol. The number of para-hydroxylation sites is 1. The number of aliphatic hydroxyl groups is 1. The molecule has 3 aromatic carbocycles. The van der Waals surface area contributed by atoms with E-state index in [1.54, 1.807) is 24.3 Å². The highest BCUT2D eigenvalue weighted by Gasteiger charge is 2.45. The van der Waals surface area contributed by atoms with Gasteiger partial charge in [-0.3, -0.25) is 14.5 Å². The van der Waals surface area contributed by atoms with Crippen molar-refractivity contribution in [2.45, 2.75) is 32.2 Å². The second-order valence-corrected chi connectivity index (χ2v) is 10.5. The topological polar surface area (TPSA) is 80.0 Å². The van der Waals surface area contributed by atoms with E-state index in [0.29, 0.717) is 22.3 Å². The lowest BCUT2D eigenvalue weighted by Gasteiger charge is -2.28. The Morgan fingerprint density at radius 1 is 1.08 bits per heavy atom. The van der Waals surface area contributed by atoms with E-state index in [1.165, 1.54) is 24.1 Å². The number of nitrogens with zero attached hydrogens (tertiary/aromatic N) is 1. The van der Waals surface area contributed by atoms with Gasteiger partial charge in [0.2, 0.25) is 5.78 Å². The highest BCUT2D eigenvalue weighted by molar-refractivity contribution is 6.31. The minimum Gasteiger partial charge on any atom is -0.503 e. The van der Waals surface area contributed by atoms with E-state index in [0.717, 1.165) is 11.6 Å². The third-order valence-electron chi connectivity index (χ3n) is 6.68. The molecule has 0 aliphatic carbocycles. The van der Waals surface area contributed by atoms with Gasteiger partial charge in [-0.2, -0.15) is 0 Å². The molecule has 0 saturated heterocycles. The first-order chi connectivity index (χ1) is 18.0. The summed E-state index contributed by atoms with van der Waals surface area (Å²) >= 11 is 6.03. The molecule has 0 saturated carbocycles. The minimum atomic E-state index is -1.01. The van der Waals surface area contributed by atoms with Crippen molar-refractivity contribution in [1.82, 2.24) is 0 Å². The van der Waals surface area contributed by atoms with Crippen molar-refractivity contribution < 1.29 is 28.2 Å². The van der Waals surface area contributed by atoms with Crippen LogP contribution in [0.3, 0.4) is 0 Å². The number of aliphatic hydroxyl groups excluding tert-OH is 1. The molecule has 0 radical (unpaired) electrons. The third kappa shape index (κ3) is 4.23. The van der Waals surface area contributed by atoms with Crippen molar-refractivity contribution in [1.29, 1.82) is 0 Å². The van der Waals surface area contributed by atoms with Gasteiger partial charge in [0.15, 0.2) is 22.9 Å². The molecule has 1 N–H and O–H groups in total. The molecule has 0 spiro atoms. The maximum absolute atomic E-state index is 14.0. The number of carbonyl (C=O) groups excluding carboxylic acids is 2. The molecule has 6 nitrogen and oxygen atoms in total. The van der Waals surface area contributed by atoms with Crippen LogP contribution in [0.5, 0.6) is 5.75 Å². The van der Waals surface area contributed by atoms with Crippen molar-refractivity contribution in [3.63, 3.8) is 0 Å². The number of hydrogen-bond acceptors (Lipinski definition) is 5. The molecule has 5 rings (SSSR count). The van der Waals surface area contributed by atoms with Gasteiger partial charge in [-0.1, -0.05) is 68.8 Å². The van der Waals surface area contributed by atoms with Gasteiger partial charge in [0.25, 0.3) is 5.91 Å². The number of ether oxygens (including phenoxy) is 1. The first kappa shape index (κ1) is 25.5. The number of fused-ring (bicyclic) bond motifs is 1. The SMILES string of the molecule is COc1cccc2cc(C(=O)C3=C(O)C(=O)N(c4ccc(F)c(Cl)c4)C3c3ccc(C(C)(C)C)cc3)oc12. The lowest BCUT2D eigenvalue weighted by molar-refractivity contribution is -0.117. The quantitative estimate of drug-likeness (QED) is 0.272. The highest BCUT2D eigenvalue weighted by Crippen LogP contribution is 2.43. The predicted molar refractivity (Wildman–Crippen MR) is 144 cm³/mol. The summed E-state index contributed by atoms with van der Waals surface area (Å²) in [5.74, 6) is -2.46. The fourth-order valence-electron chi connectivity index (χ4n) is 4.66. The first-order valence-corrected chi connectivity index (χ1v) is 12.3. The van der Waals surface area contributed by atoms with E-state index in [4.69, 9.17) is 20.8 Å². The van der Waals surface area contributed by atoms with Crippen LogP contribution in [0, 0.1) is 5.82 Å². The molecule has 38 heavy (non-hydrogen) atoms. The van der Waals surface area contributed by atoms with Gasteiger partial charge in [-0.15, -0.1) is 0 Å². The van der Waals surface area contributed by atoms with Crippen LogP contribution in [0.2, 0.25) is 5.02 Å². The Balaban J connectivity index is 1.66. The van der Waals surface area contributed by atoms with E-state index in [1.807, 2.05) is 24.3 Å². The average Bonchev–Trinajstić information content (AvgIpc) is 3.44. The van der Waals surface area contributed by atoms with Crippen LogP contribution in [0.25, 0.3) is 11.0 Å². The zero-order valence-corrected chi connectivity index (χ0v) is 22.0. The Morgan fingerprint density at radius 2 is 1.79 bits per heavy atom. The Labute approximate surface area is 223 Å². The van der Waals surface area contributed by atoms with Crippen molar-refractivity contribution in [2.24, 2.45) is 0 Å². The summed E-state index contributed by atoms with van der Waals surface area (Å²) < 4.78 is 25.1. The Morgan fingerprint density at radius 3 is 2.42 bits per heavy atom. The van der Waals surface area contributed by atoms with E-state index in [2.05, 4.69) is 20.8 Å². The van der Waals surface area contributed by atoms with Gasteiger partial charge in [0, 0.05) is 11.1 Å². The largest absolute Gasteiger partial charge is 0.503 e. The maximum atomic E-state index is 14.0. The summed E-state index contributed by atoms with van der Waals surface area (Å²) in [5.41, 5.74) is 1.94. The van der Waals surface area contributed by atoms with E-state index < -0.39 is 29.3 Å². The molecule has 0 fully saturated rings. The monoisotopic (exact) mass is 533 g/mol. The van der Waals surface area contributed by atoms with Gasteiger partial charge in [-0.25, -0.2) is 4.39 Å². The standard InChI is InChI=1S/C30H25ClFNO5/c1-30(2,3)18-10-8-16(9-11-18)25-24(26(34)23-14-17-6-5-7-22(37-4)28(17)38-23)27(35)29(36)33(25)19-12-13-21(32)20(31)15-19/h5-15,25,35H,1-4H3. The molecule has 2 heterocycles. The fourth-order valence-corrected chi connectivity index (χ4v) is 4.84. The Hall–Kier alpha value is -4.10. The molecule has 1 atom stereocenters. The van der Waals surface area contributed by atoms with Crippen LogP contribution >= 0.6 is 11.6 Å². The maximum Gasteiger partial charge on any atom is 0.294 e. The number of methoxy groups -OCH3 is 1. The van der Waals surface area contributed by atoms with Gasteiger partial charge in [0.1, 0.15) is 5.82 Å². The number of furan rings is 1.